The van der Waals surface area contributed by atoms with Crippen LogP contribution in [0.2, 0.25) is 0 Å². The normalized spacial score (nSPS) is 21.8. The number of hydrogen-bond acceptors (Lipinski definition) is 3. The first-order chi connectivity index (χ1) is 6.34. The second-order valence-electron chi connectivity index (χ2n) is 2.72. The lowest BCUT2D eigenvalue weighted by Crippen LogP contribution is -2.23. The maximum atomic E-state index is 10.7. The first-order valence-corrected chi connectivity index (χ1v) is 4.87. The predicted molar refractivity (Wildman–Crippen MR) is 51.6 cm³/mol. The van der Waals surface area contributed by atoms with E-state index in [1.165, 1.54) is 4.88 Å². The Morgan fingerprint density at radius 2 is 2.62 bits per heavy atom. The van der Waals surface area contributed by atoms with Crippen molar-refractivity contribution in [2.24, 2.45) is 0 Å². The number of cyclic esters (lactones) is 1. The monoisotopic (exact) mass is 195 g/mol. The largest absolute Gasteiger partial charge is 0.447 e. The Bertz CT molecular complexity index is 318. The zero-order valence-electron chi connectivity index (χ0n) is 6.90. The third-order valence-corrected chi connectivity index (χ3v) is 2.57. The van der Waals surface area contributed by atoms with Crippen molar-refractivity contribution in [3.05, 3.63) is 28.5 Å². The molecule has 1 aromatic heterocycles. The standard InChI is InChI=1S/C9H9NO2S/c11-9-10-7(6-12-9)3-4-8-2-1-5-13-8/h1-5,7H,6H2,(H,10,11)/b4-3+/t7-/m1/s1. The molecule has 0 unspecified atom stereocenters. The van der Waals surface area contributed by atoms with Crippen LogP contribution in [0, 0.1) is 0 Å². The van der Waals surface area contributed by atoms with Crippen molar-refractivity contribution < 1.29 is 9.53 Å². The second-order valence-corrected chi connectivity index (χ2v) is 3.70. The van der Waals surface area contributed by atoms with Gasteiger partial charge in [0.25, 0.3) is 0 Å². The molecule has 1 aliphatic rings. The molecule has 1 fully saturated rings. The van der Waals surface area contributed by atoms with Gasteiger partial charge in [-0.1, -0.05) is 12.1 Å². The van der Waals surface area contributed by atoms with Crippen LogP contribution in [-0.4, -0.2) is 18.7 Å². The molecule has 1 atom stereocenters. The van der Waals surface area contributed by atoms with E-state index in [1.54, 1.807) is 11.3 Å². The molecule has 1 aliphatic heterocycles. The SMILES string of the molecule is O=C1N[C@H](/C=C/c2cccs2)CO1. The van der Waals surface area contributed by atoms with Gasteiger partial charge >= 0.3 is 6.09 Å². The van der Waals surface area contributed by atoms with Crippen LogP contribution >= 0.6 is 11.3 Å². The molecule has 2 rings (SSSR count). The van der Waals surface area contributed by atoms with Gasteiger partial charge in [0, 0.05) is 4.88 Å². The van der Waals surface area contributed by atoms with Crippen LogP contribution < -0.4 is 5.32 Å². The minimum Gasteiger partial charge on any atom is -0.447 e. The molecule has 0 aliphatic carbocycles. The van der Waals surface area contributed by atoms with E-state index >= 15 is 0 Å². The molecular formula is C9H9NO2S. The van der Waals surface area contributed by atoms with E-state index in [4.69, 9.17) is 4.74 Å². The number of hydrogen-bond donors (Lipinski definition) is 1. The quantitative estimate of drug-likeness (QED) is 0.782. The molecule has 68 valence electrons. The summed E-state index contributed by atoms with van der Waals surface area (Å²) in [7, 11) is 0. The molecule has 0 aromatic carbocycles. The molecular weight excluding hydrogens is 186 g/mol. The van der Waals surface area contributed by atoms with E-state index in [-0.39, 0.29) is 12.1 Å². The Morgan fingerprint density at radius 1 is 1.69 bits per heavy atom. The highest BCUT2D eigenvalue weighted by atomic mass is 32.1. The zero-order valence-corrected chi connectivity index (χ0v) is 7.71. The molecule has 4 heteroatoms. The minimum absolute atomic E-state index is 0.0228. The molecule has 0 bridgehead atoms. The van der Waals surface area contributed by atoms with Crippen molar-refractivity contribution in [1.29, 1.82) is 0 Å². The van der Waals surface area contributed by atoms with E-state index < -0.39 is 0 Å². The fourth-order valence-electron chi connectivity index (χ4n) is 1.10. The summed E-state index contributed by atoms with van der Waals surface area (Å²) in [5.41, 5.74) is 0. The molecule has 0 radical (unpaired) electrons. The van der Waals surface area contributed by atoms with Gasteiger partial charge in [0.05, 0.1) is 6.04 Å². The van der Waals surface area contributed by atoms with Gasteiger partial charge in [-0.3, -0.25) is 0 Å². The van der Waals surface area contributed by atoms with Crippen LogP contribution in [0.1, 0.15) is 4.88 Å². The molecule has 1 aromatic rings. The van der Waals surface area contributed by atoms with Crippen molar-refractivity contribution >= 4 is 23.5 Å². The summed E-state index contributed by atoms with van der Waals surface area (Å²) in [5, 5.41) is 4.69. The van der Waals surface area contributed by atoms with E-state index in [9.17, 15) is 4.79 Å². The average molecular weight is 195 g/mol. The molecule has 1 N–H and O–H groups in total. The summed E-state index contributed by atoms with van der Waals surface area (Å²) in [4.78, 5) is 11.8. The second kappa shape index (κ2) is 3.62. The number of carbonyl (C=O) groups is 1. The highest BCUT2D eigenvalue weighted by molar-refractivity contribution is 7.10. The molecule has 0 saturated carbocycles. The van der Waals surface area contributed by atoms with Crippen molar-refractivity contribution in [3.63, 3.8) is 0 Å². The van der Waals surface area contributed by atoms with Gasteiger partial charge in [-0.05, 0) is 17.5 Å². The van der Waals surface area contributed by atoms with Gasteiger partial charge in [-0.2, -0.15) is 0 Å². The van der Waals surface area contributed by atoms with E-state index in [0.29, 0.717) is 6.61 Å². The smallest absolute Gasteiger partial charge is 0.407 e. The van der Waals surface area contributed by atoms with Gasteiger partial charge in [-0.25, -0.2) is 4.79 Å². The summed E-state index contributed by atoms with van der Waals surface area (Å²) in [6.07, 6.45) is 3.60. The number of ether oxygens (including phenoxy) is 1. The number of rotatable bonds is 2. The Balaban J connectivity index is 1.94. The lowest BCUT2D eigenvalue weighted by molar-refractivity contribution is 0.177. The number of thiophene rings is 1. The third kappa shape index (κ3) is 2.09. The van der Waals surface area contributed by atoms with Gasteiger partial charge in [-0.15, -0.1) is 11.3 Å². The molecule has 13 heavy (non-hydrogen) atoms. The zero-order chi connectivity index (χ0) is 9.10. The topological polar surface area (TPSA) is 38.3 Å². The van der Waals surface area contributed by atoms with Crippen LogP contribution in [0.3, 0.4) is 0 Å². The van der Waals surface area contributed by atoms with Crippen LogP contribution in [0.15, 0.2) is 23.6 Å². The van der Waals surface area contributed by atoms with Gasteiger partial charge < -0.3 is 10.1 Å². The third-order valence-electron chi connectivity index (χ3n) is 1.73. The van der Waals surface area contributed by atoms with Crippen LogP contribution in [0.4, 0.5) is 4.79 Å². The van der Waals surface area contributed by atoms with Gasteiger partial charge in [0.2, 0.25) is 0 Å². The summed E-state index contributed by atoms with van der Waals surface area (Å²) in [6.45, 7) is 0.431. The molecule has 2 heterocycles. The molecule has 3 nitrogen and oxygen atoms in total. The maximum Gasteiger partial charge on any atom is 0.407 e. The Labute approximate surface area is 80.0 Å². The van der Waals surface area contributed by atoms with Crippen molar-refractivity contribution in [2.75, 3.05) is 6.61 Å². The average Bonchev–Trinajstić information content (AvgIpc) is 2.71. The minimum atomic E-state index is -0.333. The fraction of sp³-hybridized carbons (Fsp3) is 0.222. The lowest BCUT2D eigenvalue weighted by atomic mass is 10.3. The van der Waals surface area contributed by atoms with Crippen molar-refractivity contribution in [1.82, 2.24) is 5.32 Å². The summed E-state index contributed by atoms with van der Waals surface area (Å²) >= 11 is 1.67. The van der Waals surface area contributed by atoms with E-state index in [1.807, 2.05) is 29.7 Å². The first-order valence-electron chi connectivity index (χ1n) is 3.99. The Morgan fingerprint density at radius 3 is 3.23 bits per heavy atom. The van der Waals surface area contributed by atoms with Crippen molar-refractivity contribution in [2.45, 2.75) is 6.04 Å². The number of nitrogens with one attached hydrogen (secondary N) is 1. The van der Waals surface area contributed by atoms with Crippen LogP contribution in [-0.2, 0) is 4.74 Å². The summed E-state index contributed by atoms with van der Waals surface area (Å²) in [6, 6.07) is 4.04. The highest BCUT2D eigenvalue weighted by Crippen LogP contribution is 2.11. The maximum absolute atomic E-state index is 10.7. The lowest BCUT2D eigenvalue weighted by Gasteiger charge is -1.96. The molecule has 0 spiro atoms. The Hall–Kier alpha value is -1.29. The highest BCUT2D eigenvalue weighted by Gasteiger charge is 2.18. The van der Waals surface area contributed by atoms with E-state index in [2.05, 4.69) is 5.32 Å². The van der Waals surface area contributed by atoms with E-state index in [0.717, 1.165) is 0 Å². The van der Waals surface area contributed by atoms with Crippen molar-refractivity contribution in [3.8, 4) is 0 Å². The summed E-state index contributed by atoms with van der Waals surface area (Å²) < 4.78 is 4.74. The van der Waals surface area contributed by atoms with Gasteiger partial charge in [0.15, 0.2) is 0 Å². The summed E-state index contributed by atoms with van der Waals surface area (Å²) in [5.74, 6) is 0. The number of alkyl carbamates (subject to hydrolysis) is 1. The van der Waals surface area contributed by atoms with Crippen LogP contribution in [0.25, 0.3) is 6.08 Å². The Kier molecular flexibility index (Phi) is 2.31. The fourth-order valence-corrected chi connectivity index (χ4v) is 1.73. The number of carbonyl (C=O) groups excluding carboxylic acids is 1. The molecule has 1 saturated heterocycles. The predicted octanol–water partition coefficient (Wildman–Crippen LogP) is 1.87. The first kappa shape index (κ1) is 8.31. The number of amides is 1. The molecule has 1 amide bonds. The van der Waals surface area contributed by atoms with Crippen LogP contribution in [0.5, 0.6) is 0 Å². The van der Waals surface area contributed by atoms with Gasteiger partial charge in [0.1, 0.15) is 6.61 Å².